The molecule has 0 aliphatic heterocycles. The zero-order valence-electron chi connectivity index (χ0n) is 26.5. The number of nitrogens with one attached hydrogen (secondary N) is 1. The summed E-state index contributed by atoms with van der Waals surface area (Å²) in [5, 5.41) is 3.06. The van der Waals surface area contributed by atoms with Crippen molar-refractivity contribution >= 4 is 23.2 Å². The van der Waals surface area contributed by atoms with Crippen LogP contribution in [0.25, 0.3) is 0 Å². The smallest absolute Gasteiger partial charge is 0.306 e. The van der Waals surface area contributed by atoms with Gasteiger partial charge >= 0.3 is 6.03 Å². The third kappa shape index (κ3) is 5.61. The third-order valence-corrected chi connectivity index (χ3v) is 10.6. The SMILES string of the molecule is CN(C(=O)Nc1ccccc1C#Cc1ccc2c(c1)CC[C@@H]1[C@@H]2CC[C@]2(C)C(=O)CC[C@@H]12)c1ccccc1C#Cc1ccccc1. The highest BCUT2D eigenvalue weighted by molar-refractivity contribution is 6.03. The average Bonchev–Trinajstić information content (AvgIpc) is 3.40. The number of anilines is 2. The van der Waals surface area contributed by atoms with Crippen molar-refractivity contribution in [2.45, 2.75) is 51.4 Å². The van der Waals surface area contributed by atoms with Crippen molar-refractivity contribution in [3.63, 3.8) is 0 Å². The normalized spacial score (nSPS) is 22.6. The summed E-state index contributed by atoms with van der Waals surface area (Å²) < 4.78 is 0. The fraction of sp³-hybridized carbons (Fsp3) is 0.286. The van der Waals surface area contributed by atoms with Gasteiger partial charge in [0.1, 0.15) is 5.78 Å². The molecule has 46 heavy (non-hydrogen) atoms. The van der Waals surface area contributed by atoms with Crippen LogP contribution in [0.2, 0.25) is 0 Å². The van der Waals surface area contributed by atoms with E-state index in [0.717, 1.165) is 66.5 Å². The van der Waals surface area contributed by atoms with E-state index in [-0.39, 0.29) is 11.4 Å². The van der Waals surface area contributed by atoms with Crippen molar-refractivity contribution < 1.29 is 9.59 Å². The predicted octanol–water partition coefficient (Wildman–Crippen LogP) is 8.58. The third-order valence-electron chi connectivity index (χ3n) is 10.6. The quantitative estimate of drug-likeness (QED) is 0.234. The van der Waals surface area contributed by atoms with Gasteiger partial charge in [0.15, 0.2) is 0 Å². The number of carbonyl (C=O) groups is 2. The standard InChI is InChI=1S/C42H38N2O2/c1-42-27-26-35-34-22-18-30(28-33(34)21-23-36(35)37(42)24-25-40(42)45)17-19-31-12-6-8-14-38(31)43-41(46)44(2)39-15-9-7-13-32(39)20-16-29-10-4-3-5-11-29/h3-15,18,22,28,35-37H,21,23-27H2,1-2H3,(H,43,46)/t35-,36-,37+,42+/m1/s1. The lowest BCUT2D eigenvalue weighted by molar-refractivity contribution is -0.129. The molecule has 4 heteroatoms. The fourth-order valence-electron chi connectivity index (χ4n) is 8.11. The number of hydrogen-bond acceptors (Lipinski definition) is 2. The maximum atomic E-state index is 13.4. The molecule has 0 radical (unpaired) electrons. The Bertz CT molecular complexity index is 1940. The number of aryl methyl sites for hydroxylation is 1. The maximum absolute atomic E-state index is 13.4. The summed E-state index contributed by atoms with van der Waals surface area (Å²) in [6.07, 6.45) is 6.15. The number of Topliss-reactive ketones (excluding diaryl/α,β-unsaturated/α-hetero) is 1. The Labute approximate surface area is 272 Å². The van der Waals surface area contributed by atoms with Gasteiger partial charge in [-0.1, -0.05) is 79.1 Å². The summed E-state index contributed by atoms with van der Waals surface area (Å²) in [6, 6.07) is 31.6. The monoisotopic (exact) mass is 602 g/mol. The Balaban J connectivity index is 1.07. The Hall–Kier alpha value is -5.06. The second kappa shape index (κ2) is 12.4. The molecule has 228 valence electrons. The molecular formula is C42H38N2O2. The van der Waals surface area contributed by atoms with Gasteiger partial charge < -0.3 is 5.32 Å². The summed E-state index contributed by atoms with van der Waals surface area (Å²) >= 11 is 0. The summed E-state index contributed by atoms with van der Waals surface area (Å²) in [6.45, 7) is 2.23. The van der Waals surface area contributed by atoms with E-state index in [1.165, 1.54) is 11.1 Å². The van der Waals surface area contributed by atoms with Gasteiger partial charge in [0, 0.05) is 41.1 Å². The first-order valence-corrected chi connectivity index (χ1v) is 16.4. The number of nitrogens with zero attached hydrogens (tertiary/aromatic N) is 1. The number of para-hydroxylation sites is 2. The van der Waals surface area contributed by atoms with Crippen LogP contribution in [-0.2, 0) is 11.2 Å². The first-order valence-electron chi connectivity index (χ1n) is 16.4. The van der Waals surface area contributed by atoms with Crippen molar-refractivity contribution in [3.8, 4) is 23.7 Å². The van der Waals surface area contributed by atoms with Gasteiger partial charge in [0.2, 0.25) is 0 Å². The van der Waals surface area contributed by atoms with Crippen molar-refractivity contribution in [2.24, 2.45) is 17.3 Å². The summed E-state index contributed by atoms with van der Waals surface area (Å²) in [7, 11) is 1.75. The number of ketones is 1. The highest BCUT2D eigenvalue weighted by atomic mass is 16.2. The molecular weight excluding hydrogens is 564 g/mol. The molecule has 4 aromatic rings. The lowest BCUT2D eigenvalue weighted by Gasteiger charge is -2.48. The van der Waals surface area contributed by atoms with E-state index in [1.54, 1.807) is 11.9 Å². The van der Waals surface area contributed by atoms with Crippen LogP contribution >= 0.6 is 0 Å². The molecule has 0 aromatic heterocycles. The molecule has 0 bridgehead atoms. The number of fused-ring (bicyclic) bond motifs is 5. The van der Waals surface area contributed by atoms with Crippen LogP contribution in [0, 0.1) is 40.9 Å². The van der Waals surface area contributed by atoms with Gasteiger partial charge in [-0.05, 0) is 110 Å². The van der Waals surface area contributed by atoms with Crippen LogP contribution in [-0.4, -0.2) is 18.9 Å². The topological polar surface area (TPSA) is 49.4 Å². The molecule has 0 spiro atoms. The molecule has 0 unspecified atom stereocenters. The van der Waals surface area contributed by atoms with E-state index in [2.05, 4.69) is 54.1 Å². The molecule has 2 saturated carbocycles. The molecule has 7 rings (SSSR count). The highest BCUT2D eigenvalue weighted by Crippen LogP contribution is 2.59. The Morgan fingerprint density at radius 1 is 0.783 bits per heavy atom. The van der Waals surface area contributed by atoms with Crippen LogP contribution in [0.15, 0.2) is 97.1 Å². The molecule has 0 saturated heterocycles. The van der Waals surface area contributed by atoms with Gasteiger partial charge in [-0.25, -0.2) is 4.79 Å². The zero-order chi connectivity index (χ0) is 31.7. The van der Waals surface area contributed by atoms with Crippen LogP contribution in [0.5, 0.6) is 0 Å². The number of benzene rings is 4. The van der Waals surface area contributed by atoms with Crippen LogP contribution in [0.4, 0.5) is 16.2 Å². The van der Waals surface area contributed by atoms with E-state index in [4.69, 9.17) is 0 Å². The van der Waals surface area contributed by atoms with E-state index >= 15 is 0 Å². The van der Waals surface area contributed by atoms with Crippen molar-refractivity contribution in [3.05, 3.63) is 130 Å². The molecule has 2 amide bonds. The zero-order valence-corrected chi connectivity index (χ0v) is 26.5. The molecule has 1 N–H and O–H groups in total. The van der Waals surface area contributed by atoms with Gasteiger partial charge in [-0.15, -0.1) is 0 Å². The number of rotatable bonds is 2. The summed E-state index contributed by atoms with van der Waals surface area (Å²) in [5.41, 5.74) is 7.60. The molecule has 0 heterocycles. The van der Waals surface area contributed by atoms with Crippen LogP contribution < -0.4 is 10.2 Å². The lowest BCUT2D eigenvalue weighted by atomic mass is 9.55. The predicted molar refractivity (Wildman–Crippen MR) is 185 cm³/mol. The number of amides is 2. The first-order chi connectivity index (χ1) is 22.4. The van der Waals surface area contributed by atoms with E-state index < -0.39 is 0 Å². The summed E-state index contributed by atoms with van der Waals surface area (Å²) in [4.78, 5) is 27.7. The van der Waals surface area contributed by atoms with E-state index in [0.29, 0.717) is 29.2 Å². The molecule has 4 atom stereocenters. The van der Waals surface area contributed by atoms with Crippen molar-refractivity contribution in [1.82, 2.24) is 0 Å². The van der Waals surface area contributed by atoms with Crippen molar-refractivity contribution in [1.29, 1.82) is 0 Å². The van der Waals surface area contributed by atoms with Crippen LogP contribution in [0.1, 0.15) is 78.3 Å². The number of carbonyl (C=O) groups excluding carboxylic acids is 2. The minimum absolute atomic E-state index is 0.0957. The fourth-order valence-corrected chi connectivity index (χ4v) is 8.11. The first kappa shape index (κ1) is 29.6. The van der Waals surface area contributed by atoms with E-state index in [9.17, 15) is 9.59 Å². The maximum Gasteiger partial charge on any atom is 0.326 e. The lowest BCUT2D eigenvalue weighted by Crippen LogP contribution is -2.42. The van der Waals surface area contributed by atoms with Gasteiger partial charge in [-0.2, -0.15) is 0 Å². The number of urea groups is 1. The minimum atomic E-state index is -0.265. The Kier molecular flexibility index (Phi) is 7.98. The Morgan fingerprint density at radius 3 is 2.35 bits per heavy atom. The van der Waals surface area contributed by atoms with E-state index in [1.807, 2.05) is 78.9 Å². The largest absolute Gasteiger partial charge is 0.326 e. The summed E-state index contributed by atoms with van der Waals surface area (Å²) in [5.74, 6) is 15.3. The second-order valence-electron chi connectivity index (χ2n) is 13.2. The minimum Gasteiger partial charge on any atom is -0.306 e. The molecule has 3 aliphatic rings. The second-order valence-corrected chi connectivity index (χ2v) is 13.2. The number of hydrogen-bond donors (Lipinski definition) is 1. The molecule has 2 fully saturated rings. The van der Waals surface area contributed by atoms with Crippen molar-refractivity contribution in [2.75, 3.05) is 17.3 Å². The van der Waals surface area contributed by atoms with Gasteiger partial charge in [0.25, 0.3) is 0 Å². The molecule has 3 aliphatic carbocycles. The van der Waals surface area contributed by atoms with Gasteiger partial charge in [-0.3, -0.25) is 9.69 Å². The highest BCUT2D eigenvalue weighted by Gasteiger charge is 2.54. The van der Waals surface area contributed by atoms with Crippen LogP contribution in [0.3, 0.4) is 0 Å². The van der Waals surface area contributed by atoms with Gasteiger partial charge in [0.05, 0.1) is 11.4 Å². The average molecular weight is 603 g/mol. The molecule has 4 nitrogen and oxygen atoms in total. The Morgan fingerprint density at radius 2 is 1.50 bits per heavy atom. The molecule has 4 aromatic carbocycles.